The van der Waals surface area contributed by atoms with E-state index in [1.54, 1.807) is 14.2 Å². The second-order valence-electron chi connectivity index (χ2n) is 10.6. The fourth-order valence-electron chi connectivity index (χ4n) is 5.61. The zero-order valence-corrected chi connectivity index (χ0v) is 25.1. The van der Waals surface area contributed by atoms with Crippen molar-refractivity contribution in [3.8, 4) is 17.0 Å². The fraction of sp³-hybridized carbons (Fsp3) is 0.281. The minimum Gasteiger partial charge on any atom is -0.496 e. The van der Waals surface area contributed by atoms with Gasteiger partial charge >= 0.3 is 0 Å². The first-order chi connectivity index (χ1) is 21.9. The highest BCUT2D eigenvalue weighted by Crippen LogP contribution is 2.35. The Morgan fingerprint density at radius 2 is 1.87 bits per heavy atom. The molecule has 1 amide bonds. The average Bonchev–Trinajstić information content (AvgIpc) is 3.71. The molecule has 3 N–H and O–H groups in total. The number of carbonyl (C=O) groups is 1. The molecule has 6 rings (SSSR count). The largest absolute Gasteiger partial charge is 0.496 e. The summed E-state index contributed by atoms with van der Waals surface area (Å²) < 4.78 is 31.5. The summed E-state index contributed by atoms with van der Waals surface area (Å²) in [4.78, 5) is 28.3. The molecule has 0 aliphatic carbocycles. The second kappa shape index (κ2) is 12.8. The van der Waals surface area contributed by atoms with Crippen molar-refractivity contribution in [3.63, 3.8) is 0 Å². The number of hydrogen-bond acceptors (Lipinski definition) is 10. The maximum atomic E-state index is 13.7. The summed E-state index contributed by atoms with van der Waals surface area (Å²) in [5.74, 6) is -0.299. The summed E-state index contributed by atoms with van der Waals surface area (Å²) in [5, 5.41) is 8.51. The maximum absolute atomic E-state index is 13.7. The van der Waals surface area contributed by atoms with E-state index in [2.05, 4.69) is 25.2 Å². The van der Waals surface area contributed by atoms with Crippen LogP contribution in [0.2, 0.25) is 0 Å². The Morgan fingerprint density at radius 3 is 2.58 bits per heavy atom. The van der Waals surface area contributed by atoms with Gasteiger partial charge in [-0.15, -0.1) is 0 Å². The van der Waals surface area contributed by atoms with Gasteiger partial charge in [0.25, 0.3) is 5.91 Å². The van der Waals surface area contributed by atoms with Crippen molar-refractivity contribution in [1.82, 2.24) is 30.0 Å². The number of fused-ring (bicyclic) bond motifs is 1. The third kappa shape index (κ3) is 5.99. The van der Waals surface area contributed by atoms with Crippen LogP contribution in [0.5, 0.6) is 5.75 Å². The Labute approximate surface area is 259 Å². The highest BCUT2D eigenvalue weighted by molar-refractivity contribution is 5.98. The van der Waals surface area contributed by atoms with E-state index in [9.17, 15) is 9.18 Å². The van der Waals surface area contributed by atoms with E-state index in [-0.39, 0.29) is 18.2 Å². The Kier molecular flexibility index (Phi) is 8.54. The van der Waals surface area contributed by atoms with E-state index in [0.29, 0.717) is 40.5 Å². The van der Waals surface area contributed by atoms with Gasteiger partial charge in [0.15, 0.2) is 5.65 Å². The zero-order valence-electron chi connectivity index (χ0n) is 25.1. The van der Waals surface area contributed by atoms with E-state index in [0.717, 1.165) is 35.8 Å². The highest BCUT2D eigenvalue weighted by Gasteiger charge is 2.29. The molecular formula is C32H33FN8O4. The van der Waals surface area contributed by atoms with Crippen molar-refractivity contribution >= 4 is 28.4 Å². The van der Waals surface area contributed by atoms with Crippen LogP contribution in [-0.4, -0.2) is 65.1 Å². The second-order valence-corrected chi connectivity index (χ2v) is 10.6. The highest BCUT2D eigenvalue weighted by atomic mass is 19.1. The molecule has 13 heteroatoms. The van der Waals surface area contributed by atoms with Gasteiger partial charge in [-0.05, 0) is 42.3 Å². The lowest BCUT2D eigenvalue weighted by Gasteiger charge is -2.20. The SMILES string of the molecule is COc1ccc(F)cc1C(=O)NCc1ccc(-c2nn(C3CCN(c4ccc(C(OC)OC)nc4)C3)c3ncnc(N)c23)cc1. The summed E-state index contributed by atoms with van der Waals surface area (Å²) in [6, 6.07) is 15.4. The average molecular weight is 613 g/mol. The Balaban J connectivity index is 1.20. The van der Waals surface area contributed by atoms with Crippen molar-refractivity contribution in [2.75, 3.05) is 45.1 Å². The number of anilines is 2. The summed E-state index contributed by atoms with van der Waals surface area (Å²) >= 11 is 0. The van der Waals surface area contributed by atoms with Crippen LogP contribution in [-0.2, 0) is 16.0 Å². The topological polar surface area (TPSA) is 143 Å². The molecule has 0 saturated carbocycles. The normalized spacial score (nSPS) is 14.8. The molecule has 2 aromatic carbocycles. The molecule has 1 aliphatic rings. The van der Waals surface area contributed by atoms with Gasteiger partial charge in [-0.3, -0.25) is 9.78 Å². The number of nitrogens with zero attached hydrogens (tertiary/aromatic N) is 6. The number of amides is 1. The summed E-state index contributed by atoms with van der Waals surface area (Å²) in [6.07, 6.45) is 3.63. The van der Waals surface area contributed by atoms with Crippen molar-refractivity contribution in [1.29, 1.82) is 0 Å². The molecule has 1 unspecified atom stereocenters. The van der Waals surface area contributed by atoms with Gasteiger partial charge in [-0.2, -0.15) is 5.10 Å². The molecule has 1 fully saturated rings. The molecular weight excluding hydrogens is 579 g/mol. The van der Waals surface area contributed by atoms with Crippen LogP contribution in [0, 0.1) is 5.82 Å². The molecule has 0 bridgehead atoms. The van der Waals surface area contributed by atoms with Crippen molar-refractivity contribution in [2.24, 2.45) is 0 Å². The molecule has 0 spiro atoms. The number of hydrogen-bond donors (Lipinski definition) is 2. The molecule has 3 aromatic heterocycles. The number of halogens is 1. The van der Waals surface area contributed by atoms with Crippen molar-refractivity contribution in [3.05, 3.63) is 89.8 Å². The van der Waals surface area contributed by atoms with Crippen LogP contribution in [0.4, 0.5) is 15.9 Å². The third-order valence-electron chi connectivity index (χ3n) is 7.92. The molecule has 1 aliphatic heterocycles. The minimum atomic E-state index is -0.514. The van der Waals surface area contributed by atoms with Crippen LogP contribution < -0.4 is 20.7 Å². The number of nitrogen functional groups attached to an aromatic ring is 1. The standard InChI is InChI=1S/C32H33FN8O4/c1-43-26-11-8-21(33)14-24(26)31(42)36-15-19-4-6-20(7-5-19)28-27-29(34)37-18-38-30(27)41(39-28)23-12-13-40(17-23)22-9-10-25(35-16-22)32(44-2)45-3/h4-11,14,16,18,23,32H,12-13,15,17H2,1-3H3,(H,36,42)(H2,34,37,38). The number of carbonyl (C=O) groups excluding carboxylic acids is 1. The summed E-state index contributed by atoms with van der Waals surface area (Å²) in [5.41, 5.74) is 11.2. The van der Waals surface area contributed by atoms with Gasteiger partial charge in [0.05, 0.1) is 41.7 Å². The molecule has 0 radical (unpaired) electrons. The lowest BCUT2D eigenvalue weighted by molar-refractivity contribution is -0.108. The van der Waals surface area contributed by atoms with Crippen molar-refractivity contribution < 1.29 is 23.4 Å². The predicted molar refractivity (Wildman–Crippen MR) is 166 cm³/mol. The molecule has 45 heavy (non-hydrogen) atoms. The Bertz CT molecular complexity index is 1810. The van der Waals surface area contributed by atoms with Gasteiger partial charge in [-0.1, -0.05) is 24.3 Å². The number of pyridine rings is 1. The number of ether oxygens (including phenoxy) is 3. The van der Waals surface area contributed by atoms with Crippen LogP contribution in [0.25, 0.3) is 22.3 Å². The smallest absolute Gasteiger partial charge is 0.255 e. The van der Waals surface area contributed by atoms with Crippen LogP contribution in [0.15, 0.2) is 67.1 Å². The molecule has 4 heterocycles. The lowest BCUT2D eigenvalue weighted by atomic mass is 10.1. The Morgan fingerprint density at radius 1 is 1.07 bits per heavy atom. The zero-order chi connectivity index (χ0) is 31.5. The lowest BCUT2D eigenvalue weighted by Crippen LogP contribution is -2.23. The van der Waals surface area contributed by atoms with Crippen LogP contribution in [0.1, 0.15) is 40.4 Å². The monoisotopic (exact) mass is 612 g/mol. The van der Waals surface area contributed by atoms with E-state index in [1.807, 2.05) is 47.3 Å². The first kappa shape index (κ1) is 29.9. The fourth-order valence-corrected chi connectivity index (χ4v) is 5.61. The third-order valence-corrected chi connectivity index (χ3v) is 7.92. The number of aromatic nitrogens is 5. The maximum Gasteiger partial charge on any atom is 0.255 e. The molecule has 12 nitrogen and oxygen atoms in total. The van der Waals surface area contributed by atoms with Gasteiger partial charge in [-0.25, -0.2) is 19.0 Å². The summed E-state index contributed by atoms with van der Waals surface area (Å²) in [7, 11) is 4.60. The minimum absolute atomic E-state index is 0.0511. The van der Waals surface area contributed by atoms with Crippen LogP contribution >= 0.6 is 0 Å². The number of nitrogens with one attached hydrogen (secondary N) is 1. The molecule has 1 atom stereocenters. The number of nitrogens with two attached hydrogens (primary N) is 1. The van der Waals surface area contributed by atoms with Crippen molar-refractivity contribution in [2.45, 2.75) is 25.3 Å². The van der Waals surface area contributed by atoms with E-state index >= 15 is 0 Å². The van der Waals surface area contributed by atoms with Gasteiger partial charge < -0.3 is 30.2 Å². The number of methoxy groups -OCH3 is 3. The molecule has 232 valence electrons. The van der Waals surface area contributed by atoms with Gasteiger partial charge in [0, 0.05) is 39.4 Å². The van der Waals surface area contributed by atoms with Gasteiger partial charge in [0.1, 0.15) is 29.4 Å². The molecule has 1 saturated heterocycles. The first-order valence-electron chi connectivity index (χ1n) is 14.4. The van der Waals surface area contributed by atoms with E-state index in [1.165, 1.54) is 25.6 Å². The quantitative estimate of drug-likeness (QED) is 0.219. The predicted octanol–water partition coefficient (Wildman–Crippen LogP) is 4.29. The summed E-state index contributed by atoms with van der Waals surface area (Å²) in [6.45, 7) is 1.78. The van der Waals surface area contributed by atoms with E-state index in [4.69, 9.17) is 25.0 Å². The Hall–Kier alpha value is -5.14. The van der Waals surface area contributed by atoms with Gasteiger partial charge in [0.2, 0.25) is 6.29 Å². The molecule has 5 aromatic rings. The first-order valence-corrected chi connectivity index (χ1v) is 14.4. The number of rotatable bonds is 10. The van der Waals surface area contributed by atoms with Crippen LogP contribution in [0.3, 0.4) is 0 Å². The number of benzene rings is 2. The van der Waals surface area contributed by atoms with E-state index < -0.39 is 18.0 Å².